The lowest BCUT2D eigenvalue weighted by Gasteiger charge is -2.35. The van der Waals surface area contributed by atoms with Crippen LogP contribution >= 0.6 is 0 Å². The minimum Gasteiger partial charge on any atom is -0.353 e. The molecule has 1 saturated heterocycles. The maximum Gasteiger partial charge on any atom is 0.222 e. The molecular formula is C18H26N6O. The maximum absolute atomic E-state index is 12.2. The number of hydrogen-bond acceptors (Lipinski definition) is 5. The van der Waals surface area contributed by atoms with Crippen LogP contribution in [0.2, 0.25) is 0 Å². The predicted molar refractivity (Wildman–Crippen MR) is 96.9 cm³/mol. The molecule has 3 heterocycles. The number of amides is 1. The highest BCUT2D eigenvalue weighted by atomic mass is 16.2. The van der Waals surface area contributed by atoms with Crippen molar-refractivity contribution in [2.75, 3.05) is 31.1 Å². The average molecular weight is 342 g/mol. The van der Waals surface area contributed by atoms with E-state index in [9.17, 15) is 4.79 Å². The third-order valence-corrected chi connectivity index (χ3v) is 4.68. The summed E-state index contributed by atoms with van der Waals surface area (Å²) in [4.78, 5) is 29.5. The third-order valence-electron chi connectivity index (χ3n) is 4.68. The Bertz CT molecular complexity index is 746. The monoisotopic (exact) mass is 342 g/mol. The lowest BCUT2D eigenvalue weighted by atomic mass is 10.1. The van der Waals surface area contributed by atoms with E-state index in [4.69, 9.17) is 0 Å². The number of carbonyl (C=O) groups is 1. The molecule has 25 heavy (non-hydrogen) atoms. The number of rotatable bonds is 4. The summed E-state index contributed by atoms with van der Waals surface area (Å²) in [5.74, 6) is 2.37. The molecule has 1 aliphatic heterocycles. The second kappa shape index (κ2) is 7.21. The topological polar surface area (TPSA) is 67.2 Å². The summed E-state index contributed by atoms with van der Waals surface area (Å²) in [7, 11) is 0. The zero-order valence-corrected chi connectivity index (χ0v) is 15.4. The van der Waals surface area contributed by atoms with Crippen LogP contribution in [-0.2, 0) is 4.79 Å². The molecule has 3 rings (SSSR count). The van der Waals surface area contributed by atoms with Crippen LogP contribution in [-0.4, -0.2) is 56.5 Å². The number of piperazine rings is 1. The summed E-state index contributed by atoms with van der Waals surface area (Å²) in [6, 6.07) is 1.99. The predicted octanol–water partition coefficient (Wildman–Crippen LogP) is 1.97. The van der Waals surface area contributed by atoms with Crippen LogP contribution in [0.5, 0.6) is 0 Å². The highest BCUT2D eigenvalue weighted by Crippen LogP contribution is 2.18. The van der Waals surface area contributed by atoms with Gasteiger partial charge >= 0.3 is 0 Å². The molecule has 0 spiro atoms. The first kappa shape index (κ1) is 17.4. The Morgan fingerprint density at radius 2 is 1.76 bits per heavy atom. The van der Waals surface area contributed by atoms with Crippen molar-refractivity contribution in [3.63, 3.8) is 0 Å². The Morgan fingerprint density at radius 1 is 1.08 bits per heavy atom. The van der Waals surface area contributed by atoms with Crippen LogP contribution in [0, 0.1) is 19.8 Å². The van der Waals surface area contributed by atoms with E-state index in [0.717, 1.165) is 49.2 Å². The van der Waals surface area contributed by atoms with E-state index >= 15 is 0 Å². The van der Waals surface area contributed by atoms with Crippen LogP contribution in [0.25, 0.3) is 5.82 Å². The smallest absolute Gasteiger partial charge is 0.222 e. The Balaban J connectivity index is 1.69. The fourth-order valence-corrected chi connectivity index (χ4v) is 3.03. The second-order valence-corrected chi connectivity index (χ2v) is 6.99. The van der Waals surface area contributed by atoms with E-state index in [2.05, 4.69) is 33.7 Å². The van der Waals surface area contributed by atoms with Crippen molar-refractivity contribution < 1.29 is 4.79 Å². The first-order valence-electron chi connectivity index (χ1n) is 8.81. The van der Waals surface area contributed by atoms with E-state index in [1.165, 1.54) is 0 Å². The summed E-state index contributed by atoms with van der Waals surface area (Å²) in [6.45, 7) is 11.3. The molecule has 0 N–H and O–H groups in total. The minimum atomic E-state index is 0.252. The summed E-state index contributed by atoms with van der Waals surface area (Å²) in [6.07, 6.45) is 4.01. The second-order valence-electron chi connectivity index (χ2n) is 6.99. The van der Waals surface area contributed by atoms with Crippen LogP contribution < -0.4 is 4.90 Å². The molecule has 134 valence electrons. The number of nitrogens with zero attached hydrogens (tertiary/aromatic N) is 6. The largest absolute Gasteiger partial charge is 0.353 e. The van der Waals surface area contributed by atoms with Gasteiger partial charge in [0.15, 0.2) is 0 Å². The zero-order valence-electron chi connectivity index (χ0n) is 15.4. The van der Waals surface area contributed by atoms with Crippen LogP contribution in [0.3, 0.4) is 0 Å². The molecule has 2 aromatic heterocycles. The van der Waals surface area contributed by atoms with E-state index in [1.54, 1.807) is 12.7 Å². The average Bonchev–Trinajstić information content (AvgIpc) is 2.94. The maximum atomic E-state index is 12.2. The Kier molecular flexibility index (Phi) is 5.01. The van der Waals surface area contributed by atoms with Crippen molar-refractivity contribution in [3.05, 3.63) is 30.1 Å². The number of anilines is 1. The van der Waals surface area contributed by atoms with Gasteiger partial charge in [0.2, 0.25) is 5.91 Å². The third kappa shape index (κ3) is 3.81. The zero-order chi connectivity index (χ0) is 18.0. The normalized spacial score (nSPS) is 15.1. The SMILES string of the molecule is Cc1ncn(-c2cc(N3CCN(C(=O)CC(C)C)CC3)ncn2)c1C. The molecule has 0 atom stereocenters. The molecule has 0 radical (unpaired) electrons. The molecule has 7 heteroatoms. The highest BCUT2D eigenvalue weighted by molar-refractivity contribution is 5.76. The van der Waals surface area contributed by atoms with Crippen molar-refractivity contribution in [1.29, 1.82) is 0 Å². The quantitative estimate of drug-likeness (QED) is 0.850. The van der Waals surface area contributed by atoms with Crippen molar-refractivity contribution >= 4 is 11.7 Å². The summed E-state index contributed by atoms with van der Waals surface area (Å²) >= 11 is 0. The van der Waals surface area contributed by atoms with Crippen LogP contribution in [0.4, 0.5) is 5.82 Å². The molecule has 0 bridgehead atoms. The van der Waals surface area contributed by atoms with Gasteiger partial charge in [-0.25, -0.2) is 15.0 Å². The summed E-state index contributed by atoms with van der Waals surface area (Å²) in [5.41, 5.74) is 2.08. The summed E-state index contributed by atoms with van der Waals surface area (Å²) in [5, 5.41) is 0. The van der Waals surface area contributed by atoms with E-state index in [-0.39, 0.29) is 5.91 Å². The minimum absolute atomic E-state index is 0.252. The van der Waals surface area contributed by atoms with Gasteiger partial charge in [-0.05, 0) is 19.8 Å². The molecular weight excluding hydrogens is 316 g/mol. The molecule has 0 unspecified atom stereocenters. The van der Waals surface area contributed by atoms with E-state index < -0.39 is 0 Å². The van der Waals surface area contributed by atoms with E-state index in [0.29, 0.717) is 12.3 Å². The first-order valence-corrected chi connectivity index (χ1v) is 8.81. The number of aromatic nitrogens is 4. The number of hydrogen-bond donors (Lipinski definition) is 0. The molecule has 0 aliphatic carbocycles. The molecule has 1 aliphatic rings. The van der Waals surface area contributed by atoms with E-state index in [1.807, 2.05) is 29.4 Å². The standard InChI is InChI=1S/C18H26N6O/c1-13(2)9-18(25)23-7-5-22(6-8-23)16-10-17(20-11-19-16)24-12-21-14(3)15(24)4/h10-13H,5-9H2,1-4H3. The van der Waals surface area contributed by atoms with Gasteiger partial charge in [0.05, 0.1) is 5.69 Å². The van der Waals surface area contributed by atoms with Crippen molar-refractivity contribution in [1.82, 2.24) is 24.4 Å². The van der Waals surface area contributed by atoms with Crippen LogP contribution in [0.15, 0.2) is 18.7 Å². The van der Waals surface area contributed by atoms with Crippen LogP contribution in [0.1, 0.15) is 31.7 Å². The van der Waals surface area contributed by atoms with Gasteiger partial charge in [-0.1, -0.05) is 13.8 Å². The lowest BCUT2D eigenvalue weighted by Crippen LogP contribution is -2.49. The molecule has 1 fully saturated rings. The van der Waals surface area contributed by atoms with Gasteiger partial charge in [0, 0.05) is 44.4 Å². The van der Waals surface area contributed by atoms with Gasteiger partial charge in [-0.2, -0.15) is 0 Å². The Labute approximate surface area is 148 Å². The molecule has 0 saturated carbocycles. The number of imidazole rings is 1. The van der Waals surface area contributed by atoms with Crippen molar-refractivity contribution in [3.8, 4) is 5.82 Å². The molecule has 2 aromatic rings. The Morgan fingerprint density at radius 3 is 2.36 bits per heavy atom. The molecule has 1 amide bonds. The van der Waals surface area contributed by atoms with Gasteiger partial charge in [-0.15, -0.1) is 0 Å². The summed E-state index contributed by atoms with van der Waals surface area (Å²) < 4.78 is 1.98. The Hall–Kier alpha value is -2.44. The highest BCUT2D eigenvalue weighted by Gasteiger charge is 2.22. The molecule has 0 aromatic carbocycles. The first-order chi connectivity index (χ1) is 12.0. The lowest BCUT2D eigenvalue weighted by molar-refractivity contribution is -0.132. The molecule has 7 nitrogen and oxygen atoms in total. The van der Waals surface area contributed by atoms with Gasteiger partial charge < -0.3 is 9.80 Å². The fraction of sp³-hybridized carbons (Fsp3) is 0.556. The van der Waals surface area contributed by atoms with Gasteiger partial charge in [0.1, 0.15) is 24.3 Å². The fourth-order valence-electron chi connectivity index (χ4n) is 3.03. The van der Waals surface area contributed by atoms with Crippen molar-refractivity contribution in [2.45, 2.75) is 34.1 Å². The van der Waals surface area contributed by atoms with Crippen molar-refractivity contribution in [2.24, 2.45) is 5.92 Å². The van der Waals surface area contributed by atoms with Gasteiger partial charge in [0.25, 0.3) is 0 Å². The van der Waals surface area contributed by atoms with Gasteiger partial charge in [-0.3, -0.25) is 9.36 Å². The number of carbonyl (C=O) groups excluding carboxylic acids is 1. The number of aryl methyl sites for hydroxylation is 1.